The molecule has 0 amide bonds. The fourth-order valence-electron chi connectivity index (χ4n) is 14.0. The van der Waals surface area contributed by atoms with Gasteiger partial charge in [-0.2, -0.15) is 0 Å². The van der Waals surface area contributed by atoms with Crippen molar-refractivity contribution in [1.29, 1.82) is 0 Å². The number of halogens is 1. The van der Waals surface area contributed by atoms with E-state index in [1.807, 2.05) is 0 Å². The molecule has 0 radical (unpaired) electrons. The van der Waals surface area contributed by atoms with Gasteiger partial charge in [-0.3, -0.25) is 0 Å². The van der Waals surface area contributed by atoms with Gasteiger partial charge in [-0.05, 0) is 220 Å². The molecule has 18 rings (SSSR count). The second-order valence-corrected chi connectivity index (χ2v) is 25.8. The third-order valence-corrected chi connectivity index (χ3v) is 19.1. The first-order valence-electron chi connectivity index (χ1n) is 33.6. The highest BCUT2D eigenvalue weighted by Crippen LogP contribution is 2.44. The highest BCUT2D eigenvalue weighted by molar-refractivity contribution is 14.1. The van der Waals surface area contributed by atoms with Gasteiger partial charge in [0.25, 0.3) is 0 Å². The van der Waals surface area contributed by atoms with Crippen LogP contribution in [0.25, 0.3) is 76.5 Å². The Labute approximate surface area is 591 Å². The van der Waals surface area contributed by atoms with E-state index in [4.69, 9.17) is 0 Å². The van der Waals surface area contributed by atoms with E-state index >= 15 is 0 Å². The summed E-state index contributed by atoms with van der Waals surface area (Å²) in [7, 11) is 0. The molecule has 2 aromatic heterocycles. The zero-order valence-corrected chi connectivity index (χ0v) is 56.6. The van der Waals surface area contributed by atoms with Crippen molar-refractivity contribution in [3.05, 3.63) is 415 Å². The Morgan fingerprint density at radius 1 is 0.222 bits per heavy atom. The van der Waals surface area contributed by atoms with E-state index in [-0.39, 0.29) is 0 Å². The highest BCUT2D eigenvalue weighted by atomic mass is 127. The molecule has 0 aliphatic carbocycles. The minimum atomic E-state index is 0.929. The van der Waals surface area contributed by atoms with Crippen LogP contribution in [0.1, 0.15) is 11.1 Å². The molecule has 0 unspecified atom stereocenters. The number of hydrogen-bond acceptors (Lipinski definition) is 3. The molecule has 0 N–H and O–H groups in total. The van der Waals surface area contributed by atoms with Crippen LogP contribution >= 0.6 is 22.6 Å². The number of aromatic nitrogens is 2. The van der Waals surface area contributed by atoms with Crippen LogP contribution in [0.15, 0.2) is 400 Å². The summed E-state index contributed by atoms with van der Waals surface area (Å²) in [6.45, 7) is 0. The SMILES string of the molecule is Ic1ccc2c(c1)c1ccccc1n2-c1ccccc1.c1ccc(N(c2ccccc2)c2ccc(Cc3cccc4ccccc34)cc2)cc1.c1ccc(N(c2ccccc2)c2ccc(N(c3ccc4c(c3)c3ccccc3n4-c3ccccc3)c3cccc4ccccc34)cc2)cc1. The van der Waals surface area contributed by atoms with E-state index in [0.717, 1.165) is 63.3 Å². The lowest BCUT2D eigenvalue weighted by molar-refractivity contribution is 1.18. The summed E-state index contributed by atoms with van der Waals surface area (Å²) in [5.41, 5.74) is 20.1. The number of hydrogen-bond donors (Lipinski definition) is 0. The molecule has 16 aromatic carbocycles. The molecule has 0 fully saturated rings. The number of benzene rings is 16. The lowest BCUT2D eigenvalue weighted by atomic mass is 9.98. The van der Waals surface area contributed by atoms with Gasteiger partial charge in [0, 0.05) is 87.4 Å². The van der Waals surface area contributed by atoms with Gasteiger partial charge in [0.1, 0.15) is 0 Å². The summed E-state index contributed by atoms with van der Waals surface area (Å²) >= 11 is 2.38. The third-order valence-electron chi connectivity index (χ3n) is 18.5. The number of nitrogens with zero attached hydrogens (tertiary/aromatic N) is 5. The summed E-state index contributed by atoms with van der Waals surface area (Å²) in [5.74, 6) is 0. The zero-order chi connectivity index (χ0) is 66.3. The molecule has 0 aliphatic heterocycles. The minimum Gasteiger partial charge on any atom is -0.311 e. The van der Waals surface area contributed by atoms with Gasteiger partial charge in [-0.25, -0.2) is 0 Å². The molecule has 0 aliphatic rings. The van der Waals surface area contributed by atoms with Crippen LogP contribution in [0.2, 0.25) is 0 Å². The zero-order valence-electron chi connectivity index (χ0n) is 54.4. The van der Waals surface area contributed by atoms with Gasteiger partial charge < -0.3 is 23.8 Å². The molecule has 0 bridgehead atoms. The second kappa shape index (κ2) is 28.2. The summed E-state index contributed by atoms with van der Waals surface area (Å²) in [6, 6.07) is 142. The molecule has 472 valence electrons. The Morgan fingerprint density at radius 3 is 1.05 bits per heavy atom. The normalized spacial score (nSPS) is 11.1. The topological polar surface area (TPSA) is 19.6 Å². The molecule has 6 heteroatoms. The lowest BCUT2D eigenvalue weighted by Gasteiger charge is -2.29. The van der Waals surface area contributed by atoms with Gasteiger partial charge in [-0.15, -0.1) is 0 Å². The van der Waals surface area contributed by atoms with Crippen LogP contribution < -0.4 is 14.7 Å². The molecule has 0 saturated carbocycles. The van der Waals surface area contributed by atoms with Crippen LogP contribution in [0, 0.1) is 3.57 Å². The number of rotatable bonds is 13. The molecule has 0 saturated heterocycles. The molecular weight excluding hydrogens is 1310 g/mol. The Bertz CT molecular complexity index is 5680. The van der Waals surface area contributed by atoms with Crippen molar-refractivity contribution in [2.24, 2.45) is 0 Å². The first-order valence-corrected chi connectivity index (χ1v) is 34.7. The van der Waals surface area contributed by atoms with Crippen molar-refractivity contribution in [3.8, 4) is 11.4 Å². The molecular formula is C93H68IN5. The van der Waals surface area contributed by atoms with Crippen molar-refractivity contribution in [1.82, 2.24) is 9.13 Å². The number of fused-ring (bicyclic) bond motifs is 8. The highest BCUT2D eigenvalue weighted by Gasteiger charge is 2.21. The molecule has 0 atom stereocenters. The molecule has 18 aromatic rings. The van der Waals surface area contributed by atoms with E-state index in [1.54, 1.807) is 0 Å². The van der Waals surface area contributed by atoms with E-state index in [9.17, 15) is 0 Å². The average molecular weight is 1380 g/mol. The monoisotopic (exact) mass is 1380 g/mol. The van der Waals surface area contributed by atoms with Gasteiger partial charge in [0.05, 0.1) is 27.8 Å². The largest absolute Gasteiger partial charge is 0.311 e. The predicted octanol–water partition coefficient (Wildman–Crippen LogP) is 26.2. The van der Waals surface area contributed by atoms with E-state index in [1.165, 1.54) is 85.5 Å². The third kappa shape index (κ3) is 12.7. The fraction of sp³-hybridized carbons (Fsp3) is 0.0108. The Kier molecular flexibility index (Phi) is 17.6. The maximum atomic E-state index is 2.40. The van der Waals surface area contributed by atoms with Gasteiger partial charge in [-0.1, -0.05) is 237 Å². The van der Waals surface area contributed by atoms with Crippen molar-refractivity contribution in [2.45, 2.75) is 6.42 Å². The second-order valence-electron chi connectivity index (χ2n) is 24.6. The van der Waals surface area contributed by atoms with E-state index in [0.29, 0.717) is 0 Å². The fourth-order valence-corrected chi connectivity index (χ4v) is 14.5. The summed E-state index contributed by atoms with van der Waals surface area (Å²) < 4.78 is 5.97. The first kappa shape index (κ1) is 61.6. The first-order chi connectivity index (χ1) is 49.1. The predicted molar refractivity (Wildman–Crippen MR) is 429 cm³/mol. The minimum absolute atomic E-state index is 0.929. The number of anilines is 9. The van der Waals surface area contributed by atoms with Crippen molar-refractivity contribution < 1.29 is 0 Å². The molecule has 5 nitrogen and oxygen atoms in total. The quantitative estimate of drug-likeness (QED) is 0.107. The summed E-state index contributed by atoms with van der Waals surface area (Å²) in [5, 5.41) is 10.1. The van der Waals surface area contributed by atoms with Crippen LogP contribution in [-0.2, 0) is 6.42 Å². The van der Waals surface area contributed by atoms with Gasteiger partial charge >= 0.3 is 0 Å². The van der Waals surface area contributed by atoms with Crippen molar-refractivity contribution >= 4 is 139 Å². The summed E-state index contributed by atoms with van der Waals surface area (Å²) in [4.78, 5) is 6.99. The smallest absolute Gasteiger partial charge is 0.0542 e. The van der Waals surface area contributed by atoms with Crippen molar-refractivity contribution in [3.63, 3.8) is 0 Å². The summed E-state index contributed by atoms with van der Waals surface area (Å²) in [6.07, 6.45) is 0.929. The molecule has 0 spiro atoms. The Hall–Kier alpha value is -12.2. The van der Waals surface area contributed by atoms with Crippen LogP contribution in [0.4, 0.5) is 51.2 Å². The Balaban J connectivity index is 0.000000129. The number of para-hydroxylation sites is 8. The van der Waals surface area contributed by atoms with Crippen LogP contribution in [-0.4, -0.2) is 9.13 Å². The average Bonchev–Trinajstić information content (AvgIpc) is 1.54. The molecule has 99 heavy (non-hydrogen) atoms. The lowest BCUT2D eigenvalue weighted by Crippen LogP contribution is -2.12. The van der Waals surface area contributed by atoms with E-state index in [2.05, 4.69) is 447 Å². The van der Waals surface area contributed by atoms with Gasteiger partial charge in [0.2, 0.25) is 0 Å². The molecule has 2 heterocycles. The standard InChI is InChI=1S/C46H33N3.C29H23N.C18H12IN/c1-4-17-35(18-5-1)47(36-19-6-2-7-20-36)38-27-29-39(30-28-38)48(44-26-14-16-34-15-10-11-23-41(34)44)40-31-32-46-43(33-40)42-24-12-13-25-45(42)49(46)37-21-8-3-9-22-37;1-3-13-26(14-4-1)30(27-15-5-2-6-16-27)28-20-18-23(19-21-28)22-25-12-9-11-24-10-7-8-17-29(24)25;19-13-10-11-18-16(12-13)15-8-4-5-9-17(15)20(18)14-6-2-1-3-7-14/h1-33H;1-21H,22H2;1-12H. The maximum Gasteiger partial charge on any atom is 0.0542 e. The van der Waals surface area contributed by atoms with E-state index < -0.39 is 0 Å². The maximum absolute atomic E-state index is 2.40. The van der Waals surface area contributed by atoms with Crippen LogP contribution in [0.3, 0.4) is 0 Å². The van der Waals surface area contributed by atoms with Gasteiger partial charge in [0.15, 0.2) is 0 Å². The Morgan fingerprint density at radius 2 is 0.556 bits per heavy atom. The van der Waals surface area contributed by atoms with Crippen LogP contribution in [0.5, 0.6) is 0 Å². The van der Waals surface area contributed by atoms with Crippen molar-refractivity contribution in [2.75, 3.05) is 14.7 Å².